The molecule has 0 atom stereocenters. The fourth-order valence-electron chi connectivity index (χ4n) is 2.13. The Morgan fingerprint density at radius 2 is 2.00 bits per heavy atom. The third-order valence-electron chi connectivity index (χ3n) is 3.29. The van der Waals surface area contributed by atoms with Gasteiger partial charge in [0.15, 0.2) is 5.82 Å². The predicted octanol–water partition coefficient (Wildman–Crippen LogP) is 1.86. The first-order chi connectivity index (χ1) is 10.1. The zero-order chi connectivity index (χ0) is 15.0. The first-order valence-corrected chi connectivity index (χ1v) is 6.48. The Balaban J connectivity index is 2.03. The Kier molecular flexibility index (Phi) is 3.17. The van der Waals surface area contributed by atoms with Crippen molar-refractivity contribution in [1.29, 1.82) is 0 Å². The summed E-state index contributed by atoms with van der Waals surface area (Å²) in [4.78, 5) is 16.6. The molecule has 0 unspecified atom stereocenters. The van der Waals surface area contributed by atoms with Gasteiger partial charge in [-0.25, -0.2) is 0 Å². The lowest BCUT2D eigenvalue weighted by Crippen LogP contribution is -2.22. The van der Waals surface area contributed by atoms with Gasteiger partial charge in [0.1, 0.15) is 11.3 Å². The summed E-state index contributed by atoms with van der Waals surface area (Å²) in [6.45, 7) is 5.77. The van der Waals surface area contributed by atoms with Crippen molar-refractivity contribution in [2.45, 2.75) is 27.3 Å². The van der Waals surface area contributed by atoms with Crippen LogP contribution < -0.4 is 5.56 Å². The van der Waals surface area contributed by atoms with Crippen LogP contribution in [0.2, 0.25) is 0 Å². The topological polar surface area (TPSA) is 87.0 Å². The van der Waals surface area contributed by atoms with Crippen molar-refractivity contribution in [3.8, 4) is 11.5 Å². The molecule has 0 spiro atoms. The molecule has 0 saturated carbocycles. The van der Waals surface area contributed by atoms with E-state index in [1.165, 1.54) is 0 Å². The first-order valence-electron chi connectivity index (χ1n) is 6.48. The van der Waals surface area contributed by atoms with E-state index in [4.69, 9.17) is 9.05 Å². The van der Waals surface area contributed by atoms with E-state index in [-0.39, 0.29) is 11.4 Å². The number of hydrogen-bond acceptors (Lipinski definition) is 6. The number of pyridine rings is 1. The summed E-state index contributed by atoms with van der Waals surface area (Å²) in [6.07, 6.45) is 1.71. The lowest BCUT2D eigenvalue weighted by Gasteiger charge is -2.06. The monoisotopic (exact) mass is 286 g/mol. The molecule has 3 rings (SSSR count). The van der Waals surface area contributed by atoms with Crippen LogP contribution in [0.4, 0.5) is 0 Å². The highest BCUT2D eigenvalue weighted by atomic mass is 16.5. The second-order valence-corrected chi connectivity index (χ2v) is 4.80. The number of aryl methyl sites for hydroxylation is 3. The Labute approximate surface area is 120 Å². The van der Waals surface area contributed by atoms with Crippen molar-refractivity contribution in [3.63, 3.8) is 0 Å². The van der Waals surface area contributed by atoms with E-state index in [9.17, 15) is 4.79 Å². The molecule has 21 heavy (non-hydrogen) atoms. The molecule has 3 heterocycles. The van der Waals surface area contributed by atoms with Gasteiger partial charge < -0.3 is 13.6 Å². The van der Waals surface area contributed by atoms with Gasteiger partial charge >= 0.3 is 0 Å². The minimum Gasteiger partial charge on any atom is -0.361 e. The van der Waals surface area contributed by atoms with E-state index >= 15 is 0 Å². The summed E-state index contributed by atoms with van der Waals surface area (Å²) >= 11 is 0. The normalized spacial score (nSPS) is 11.0. The number of aromatic nitrogens is 4. The van der Waals surface area contributed by atoms with Gasteiger partial charge in [-0.1, -0.05) is 10.3 Å². The van der Waals surface area contributed by atoms with Crippen molar-refractivity contribution in [2.24, 2.45) is 0 Å². The van der Waals surface area contributed by atoms with Crippen molar-refractivity contribution in [2.75, 3.05) is 0 Å². The van der Waals surface area contributed by atoms with Crippen LogP contribution in [0.1, 0.15) is 22.8 Å². The highest BCUT2D eigenvalue weighted by Gasteiger charge is 2.15. The van der Waals surface area contributed by atoms with Crippen LogP contribution in [0.15, 0.2) is 32.2 Å². The molecular formula is C14H14N4O3. The van der Waals surface area contributed by atoms with E-state index in [0.717, 1.165) is 11.3 Å². The van der Waals surface area contributed by atoms with E-state index in [1.807, 2.05) is 13.8 Å². The van der Waals surface area contributed by atoms with Crippen LogP contribution in [-0.2, 0) is 6.54 Å². The maximum Gasteiger partial charge on any atom is 0.263 e. The SMILES string of the molecule is Cc1noc(-c2cccn(Cc3c(C)noc3C)c2=O)n1. The maximum atomic E-state index is 12.5. The van der Waals surface area contributed by atoms with Crippen molar-refractivity contribution >= 4 is 0 Å². The van der Waals surface area contributed by atoms with Gasteiger partial charge in [0.2, 0.25) is 0 Å². The summed E-state index contributed by atoms with van der Waals surface area (Å²) in [5, 5.41) is 7.60. The Bertz CT molecular complexity index is 825. The lowest BCUT2D eigenvalue weighted by molar-refractivity contribution is 0.392. The van der Waals surface area contributed by atoms with E-state index in [2.05, 4.69) is 15.3 Å². The van der Waals surface area contributed by atoms with E-state index < -0.39 is 0 Å². The van der Waals surface area contributed by atoms with Crippen LogP contribution >= 0.6 is 0 Å². The van der Waals surface area contributed by atoms with Gasteiger partial charge in [0.25, 0.3) is 11.4 Å². The van der Waals surface area contributed by atoms with Crippen LogP contribution in [-0.4, -0.2) is 19.9 Å². The summed E-state index contributed by atoms with van der Waals surface area (Å²) in [5.41, 5.74) is 1.86. The van der Waals surface area contributed by atoms with Crippen LogP contribution in [0, 0.1) is 20.8 Å². The molecule has 0 aliphatic rings. The molecule has 0 bridgehead atoms. The zero-order valence-corrected chi connectivity index (χ0v) is 12.0. The second kappa shape index (κ2) is 5.01. The smallest absolute Gasteiger partial charge is 0.263 e. The Morgan fingerprint density at radius 1 is 1.19 bits per heavy atom. The third kappa shape index (κ3) is 2.37. The van der Waals surface area contributed by atoms with Crippen LogP contribution in [0.25, 0.3) is 11.5 Å². The summed E-state index contributed by atoms with van der Waals surface area (Å²) in [6, 6.07) is 3.44. The molecule has 108 valence electrons. The fraction of sp³-hybridized carbons (Fsp3) is 0.286. The number of rotatable bonds is 3. The summed E-state index contributed by atoms with van der Waals surface area (Å²) in [7, 11) is 0. The second-order valence-electron chi connectivity index (χ2n) is 4.80. The van der Waals surface area contributed by atoms with Crippen LogP contribution in [0.5, 0.6) is 0 Å². The minimum atomic E-state index is -0.193. The molecule has 0 amide bonds. The Morgan fingerprint density at radius 3 is 2.62 bits per heavy atom. The molecule has 0 aromatic carbocycles. The summed E-state index contributed by atoms with van der Waals surface area (Å²) < 4.78 is 11.8. The average molecular weight is 286 g/mol. The largest absolute Gasteiger partial charge is 0.361 e. The molecule has 7 nitrogen and oxygen atoms in total. The molecule has 7 heteroatoms. The van der Waals surface area contributed by atoms with Crippen LogP contribution in [0.3, 0.4) is 0 Å². The van der Waals surface area contributed by atoms with Gasteiger partial charge in [-0.2, -0.15) is 4.98 Å². The quantitative estimate of drug-likeness (QED) is 0.730. The van der Waals surface area contributed by atoms with Crippen molar-refractivity contribution < 1.29 is 9.05 Å². The van der Waals surface area contributed by atoms with Gasteiger partial charge in [0.05, 0.1) is 12.2 Å². The van der Waals surface area contributed by atoms with Gasteiger partial charge in [0, 0.05) is 11.8 Å². The molecule has 0 radical (unpaired) electrons. The third-order valence-corrected chi connectivity index (χ3v) is 3.29. The lowest BCUT2D eigenvalue weighted by atomic mass is 10.2. The fourth-order valence-corrected chi connectivity index (χ4v) is 2.13. The molecule has 0 saturated heterocycles. The highest BCUT2D eigenvalue weighted by molar-refractivity contribution is 5.50. The molecule has 0 N–H and O–H groups in total. The van der Waals surface area contributed by atoms with Gasteiger partial charge in [-0.3, -0.25) is 4.79 Å². The molecular weight excluding hydrogens is 272 g/mol. The highest BCUT2D eigenvalue weighted by Crippen LogP contribution is 2.15. The van der Waals surface area contributed by atoms with Crippen molar-refractivity contribution in [3.05, 3.63) is 51.5 Å². The number of nitrogens with zero attached hydrogens (tertiary/aromatic N) is 4. The molecule has 3 aromatic rings. The summed E-state index contributed by atoms with van der Waals surface area (Å²) in [5.74, 6) is 1.43. The minimum absolute atomic E-state index is 0.193. The maximum absolute atomic E-state index is 12.5. The zero-order valence-electron chi connectivity index (χ0n) is 12.0. The van der Waals surface area contributed by atoms with E-state index in [0.29, 0.717) is 23.7 Å². The standard InChI is InChI=1S/C14H14N4O3/c1-8-12(9(2)20-16-8)7-18-6-4-5-11(14(18)19)13-15-10(3)17-21-13/h4-6H,7H2,1-3H3. The average Bonchev–Trinajstić information content (AvgIpc) is 3.01. The Hall–Kier alpha value is -2.70. The molecule has 0 aliphatic carbocycles. The molecule has 0 aliphatic heterocycles. The number of hydrogen-bond donors (Lipinski definition) is 0. The van der Waals surface area contributed by atoms with Gasteiger partial charge in [-0.15, -0.1) is 0 Å². The molecule has 3 aromatic heterocycles. The predicted molar refractivity (Wildman–Crippen MR) is 73.8 cm³/mol. The van der Waals surface area contributed by atoms with Crippen molar-refractivity contribution in [1.82, 2.24) is 19.9 Å². The van der Waals surface area contributed by atoms with Gasteiger partial charge in [-0.05, 0) is 32.9 Å². The van der Waals surface area contributed by atoms with E-state index in [1.54, 1.807) is 29.8 Å². The first kappa shape index (κ1) is 13.3. The molecule has 0 fully saturated rings.